The van der Waals surface area contributed by atoms with Gasteiger partial charge in [0.1, 0.15) is 0 Å². The summed E-state index contributed by atoms with van der Waals surface area (Å²) in [5.41, 5.74) is 2.57. The van der Waals surface area contributed by atoms with Gasteiger partial charge in [0.15, 0.2) is 0 Å². The van der Waals surface area contributed by atoms with E-state index in [1.165, 1.54) is 52.5 Å². The number of hydrogen-bond donors (Lipinski definition) is 4. The predicted molar refractivity (Wildman–Crippen MR) is 90.0 cm³/mol. The van der Waals surface area contributed by atoms with Gasteiger partial charge in [-0.05, 0) is 42.5 Å². The molecular formula is C15H14N4O5S. The van der Waals surface area contributed by atoms with E-state index in [1.807, 2.05) is 0 Å². The molecule has 0 spiro atoms. The molecule has 9 nitrogen and oxygen atoms in total. The summed E-state index contributed by atoms with van der Waals surface area (Å²) in [7, 11) is -2.30. The van der Waals surface area contributed by atoms with Gasteiger partial charge < -0.3 is 4.98 Å². The number of carbonyl (C=O) groups excluding carboxylic acids is 1. The van der Waals surface area contributed by atoms with Crippen molar-refractivity contribution in [2.45, 2.75) is 4.90 Å². The van der Waals surface area contributed by atoms with E-state index >= 15 is 0 Å². The molecule has 1 amide bonds. The molecule has 1 heterocycles. The fourth-order valence-electron chi connectivity index (χ4n) is 2.35. The molecule has 2 aromatic carbocycles. The number of amides is 1. The number of rotatable bonds is 4. The first-order valence-electron chi connectivity index (χ1n) is 7.08. The number of hydrogen-bond acceptors (Lipinski definition) is 5. The number of imidazole rings is 1. The van der Waals surface area contributed by atoms with E-state index in [-0.39, 0.29) is 21.8 Å². The molecule has 0 radical (unpaired) electrons. The van der Waals surface area contributed by atoms with Crippen LogP contribution in [0.3, 0.4) is 0 Å². The molecular weight excluding hydrogens is 348 g/mol. The summed E-state index contributed by atoms with van der Waals surface area (Å²) in [6, 6.07) is 9.81. The van der Waals surface area contributed by atoms with Gasteiger partial charge in [0.05, 0.1) is 15.9 Å². The number of sulfonamides is 1. The van der Waals surface area contributed by atoms with Gasteiger partial charge in [-0.1, -0.05) is 0 Å². The quantitative estimate of drug-likeness (QED) is 0.402. The second kappa shape index (κ2) is 6.07. The topological polar surface area (TPSA) is 133 Å². The van der Waals surface area contributed by atoms with Crippen LogP contribution in [0.15, 0.2) is 52.2 Å². The number of H-pyrrole nitrogens is 1. The van der Waals surface area contributed by atoms with E-state index in [9.17, 15) is 18.0 Å². The zero-order valence-corrected chi connectivity index (χ0v) is 13.8. The van der Waals surface area contributed by atoms with Crippen molar-refractivity contribution in [3.05, 3.63) is 58.5 Å². The number of aromatic nitrogens is 2. The number of aryl methyl sites for hydroxylation is 1. The molecule has 0 fully saturated rings. The van der Waals surface area contributed by atoms with E-state index in [2.05, 4.69) is 9.71 Å². The van der Waals surface area contributed by atoms with Crippen LogP contribution in [0.25, 0.3) is 11.0 Å². The van der Waals surface area contributed by atoms with Gasteiger partial charge >= 0.3 is 5.69 Å². The lowest BCUT2D eigenvalue weighted by Gasteiger charge is -2.09. The molecule has 3 rings (SSSR count). The fraction of sp³-hybridized carbons (Fsp3) is 0.0667. The van der Waals surface area contributed by atoms with Crippen LogP contribution in [0.2, 0.25) is 0 Å². The second-order valence-corrected chi connectivity index (χ2v) is 6.97. The zero-order chi connectivity index (χ0) is 18.2. The number of aromatic amines is 1. The number of anilines is 1. The lowest BCUT2D eigenvalue weighted by atomic mass is 10.2. The predicted octanol–water partition coefficient (Wildman–Crippen LogP) is 0.786. The van der Waals surface area contributed by atoms with Crippen molar-refractivity contribution in [2.75, 3.05) is 4.72 Å². The molecule has 10 heteroatoms. The highest BCUT2D eigenvalue weighted by Crippen LogP contribution is 2.20. The Morgan fingerprint density at radius 2 is 1.84 bits per heavy atom. The Hall–Kier alpha value is -3.11. The molecule has 3 aromatic rings. The van der Waals surface area contributed by atoms with Gasteiger partial charge in [-0.2, -0.15) is 0 Å². The summed E-state index contributed by atoms with van der Waals surface area (Å²) in [6.07, 6.45) is 0. The fourth-order valence-corrected chi connectivity index (χ4v) is 3.44. The SMILES string of the molecule is Cn1c(=O)[nH]c2cc(S(=O)(=O)Nc3ccc(C(=O)NO)cc3)ccc21. The van der Waals surface area contributed by atoms with E-state index in [1.54, 1.807) is 7.05 Å². The first kappa shape index (κ1) is 16.7. The average molecular weight is 362 g/mol. The highest BCUT2D eigenvalue weighted by Gasteiger charge is 2.16. The minimum absolute atomic E-state index is 0.0148. The van der Waals surface area contributed by atoms with Crippen molar-refractivity contribution in [3.8, 4) is 0 Å². The normalized spacial score (nSPS) is 11.4. The molecule has 1 aromatic heterocycles. The maximum Gasteiger partial charge on any atom is 0.326 e. The molecule has 0 saturated carbocycles. The zero-order valence-electron chi connectivity index (χ0n) is 13.0. The van der Waals surface area contributed by atoms with E-state index in [0.29, 0.717) is 11.0 Å². The van der Waals surface area contributed by atoms with Crippen LogP contribution in [0.4, 0.5) is 5.69 Å². The Morgan fingerprint density at radius 1 is 1.16 bits per heavy atom. The molecule has 0 aliphatic carbocycles. The molecule has 130 valence electrons. The first-order chi connectivity index (χ1) is 11.8. The van der Waals surface area contributed by atoms with Crippen molar-refractivity contribution in [1.29, 1.82) is 0 Å². The van der Waals surface area contributed by atoms with Gasteiger partial charge in [-0.3, -0.25) is 19.3 Å². The number of nitrogens with one attached hydrogen (secondary N) is 3. The number of fused-ring (bicyclic) bond motifs is 1. The van der Waals surface area contributed by atoms with Crippen molar-refractivity contribution in [2.24, 2.45) is 7.05 Å². The lowest BCUT2D eigenvalue weighted by molar-refractivity contribution is 0.0706. The maximum absolute atomic E-state index is 12.5. The Bertz CT molecular complexity index is 1110. The van der Waals surface area contributed by atoms with Crippen LogP contribution in [0, 0.1) is 0 Å². The first-order valence-corrected chi connectivity index (χ1v) is 8.56. The number of nitrogens with zero attached hydrogens (tertiary/aromatic N) is 1. The molecule has 0 aliphatic heterocycles. The molecule has 0 atom stereocenters. The summed E-state index contributed by atoms with van der Waals surface area (Å²) in [5.74, 6) is -0.701. The Kier molecular flexibility index (Phi) is 4.07. The second-order valence-electron chi connectivity index (χ2n) is 5.29. The molecule has 0 aliphatic rings. The average Bonchev–Trinajstić information content (AvgIpc) is 2.88. The number of benzene rings is 2. The highest BCUT2D eigenvalue weighted by atomic mass is 32.2. The van der Waals surface area contributed by atoms with Crippen LogP contribution in [0.5, 0.6) is 0 Å². The smallest absolute Gasteiger partial charge is 0.306 e. The number of hydroxylamine groups is 1. The van der Waals surface area contributed by atoms with Crippen LogP contribution in [-0.2, 0) is 17.1 Å². The van der Waals surface area contributed by atoms with Gasteiger partial charge in [0, 0.05) is 18.3 Å². The van der Waals surface area contributed by atoms with Crippen molar-refractivity contribution >= 4 is 32.7 Å². The maximum atomic E-state index is 12.5. The molecule has 4 N–H and O–H groups in total. The molecule has 25 heavy (non-hydrogen) atoms. The minimum atomic E-state index is -3.88. The van der Waals surface area contributed by atoms with Gasteiger partial charge in [0.25, 0.3) is 15.9 Å². The largest absolute Gasteiger partial charge is 0.326 e. The third kappa shape index (κ3) is 3.12. The van der Waals surface area contributed by atoms with Crippen molar-refractivity contribution in [3.63, 3.8) is 0 Å². The summed E-state index contributed by atoms with van der Waals surface area (Å²) in [4.78, 5) is 25.4. The van der Waals surface area contributed by atoms with Gasteiger partial charge in [0.2, 0.25) is 0 Å². The van der Waals surface area contributed by atoms with Crippen LogP contribution < -0.4 is 15.9 Å². The van der Waals surface area contributed by atoms with Gasteiger partial charge in [-0.15, -0.1) is 0 Å². The van der Waals surface area contributed by atoms with Crippen LogP contribution in [-0.4, -0.2) is 29.1 Å². The highest BCUT2D eigenvalue weighted by molar-refractivity contribution is 7.92. The van der Waals surface area contributed by atoms with Crippen LogP contribution >= 0.6 is 0 Å². The van der Waals surface area contributed by atoms with Crippen molar-refractivity contribution in [1.82, 2.24) is 15.0 Å². The molecule has 0 unspecified atom stereocenters. The van der Waals surface area contributed by atoms with E-state index in [4.69, 9.17) is 5.21 Å². The summed E-state index contributed by atoms with van der Waals surface area (Å²) < 4.78 is 28.7. The van der Waals surface area contributed by atoms with Crippen molar-refractivity contribution < 1.29 is 18.4 Å². The van der Waals surface area contributed by atoms with Gasteiger partial charge in [-0.25, -0.2) is 18.7 Å². The summed E-state index contributed by atoms with van der Waals surface area (Å²) in [6.45, 7) is 0. The van der Waals surface area contributed by atoms with E-state index < -0.39 is 15.9 Å². The minimum Gasteiger partial charge on any atom is -0.306 e. The Morgan fingerprint density at radius 3 is 2.48 bits per heavy atom. The lowest BCUT2D eigenvalue weighted by Crippen LogP contribution is -2.18. The third-order valence-corrected chi connectivity index (χ3v) is 5.07. The monoisotopic (exact) mass is 362 g/mol. The third-order valence-electron chi connectivity index (χ3n) is 3.69. The number of carbonyl (C=O) groups is 1. The summed E-state index contributed by atoms with van der Waals surface area (Å²) in [5, 5.41) is 8.56. The standard InChI is InChI=1S/C15H14N4O5S/c1-19-13-7-6-11(8-12(13)16-15(19)21)25(23,24)18-10-4-2-9(3-5-10)14(20)17-22/h2-8,18,22H,1H3,(H,16,21)(H,17,20). The Balaban J connectivity index is 1.91. The Labute approximate surface area is 141 Å². The van der Waals surface area contributed by atoms with Crippen LogP contribution in [0.1, 0.15) is 10.4 Å². The molecule has 0 saturated heterocycles. The van der Waals surface area contributed by atoms with E-state index in [0.717, 1.165) is 0 Å². The molecule has 0 bridgehead atoms. The summed E-state index contributed by atoms with van der Waals surface area (Å²) >= 11 is 0.